The van der Waals surface area contributed by atoms with Crippen molar-refractivity contribution in [3.63, 3.8) is 0 Å². The Morgan fingerprint density at radius 2 is 1.68 bits per heavy atom. The van der Waals surface area contributed by atoms with E-state index in [1.807, 2.05) is 0 Å². The number of carbonyl (C=O) groups excluding carboxylic acids is 4. The smallest absolute Gasteiger partial charge is 0.274 e. The summed E-state index contributed by atoms with van der Waals surface area (Å²) in [5, 5.41) is 15.8. The molecule has 16 heteroatoms. The van der Waals surface area contributed by atoms with Gasteiger partial charge in [0, 0.05) is 88.2 Å². The molecule has 59 heavy (non-hydrogen) atoms. The highest BCUT2D eigenvalue weighted by Gasteiger charge is 2.40. The zero-order valence-corrected chi connectivity index (χ0v) is 33.0. The number of rotatable bonds is 8. The predicted molar refractivity (Wildman–Crippen MR) is 219 cm³/mol. The van der Waals surface area contributed by atoms with Crippen molar-refractivity contribution in [2.75, 3.05) is 60.9 Å². The van der Waals surface area contributed by atoms with E-state index < -0.39 is 17.8 Å². The van der Waals surface area contributed by atoms with Crippen LogP contribution in [0.15, 0.2) is 55.0 Å². The van der Waals surface area contributed by atoms with Gasteiger partial charge in [-0.15, -0.1) is 0 Å². The van der Waals surface area contributed by atoms with Crippen molar-refractivity contribution >= 4 is 57.2 Å². The molecule has 1 unspecified atom stereocenters. The van der Waals surface area contributed by atoms with E-state index in [4.69, 9.17) is 5.10 Å². The van der Waals surface area contributed by atoms with E-state index in [9.17, 15) is 19.2 Å². The highest BCUT2D eigenvalue weighted by molar-refractivity contribution is 6.07. The number of nitrogens with one attached hydrogen (secondary N) is 2. The standard InChI is InChI=1S/C43H48FN11O4/c44-32-22-31-28(25-53(43(31)59)36-4-5-40(56)48-42(36)58)21-37(32)52-17-7-27(8-18-52)24-50-15-9-30(10-16-50)55-26-29-20-35(38(23-34(29)49-55)51-13-2-1-3-14-51)47-41(57)33-11-19-54-39(46-33)6-12-45-54/h6,11-12,19-23,26-27,30,36H,1-5,7-10,13-18,24-25H2,(H,47,57)(H,48,56,58). The first-order chi connectivity index (χ1) is 28.7. The fourth-order valence-corrected chi connectivity index (χ4v) is 9.80. The van der Waals surface area contributed by atoms with Crippen LogP contribution in [-0.2, 0) is 16.1 Å². The second-order valence-corrected chi connectivity index (χ2v) is 16.8. The minimum atomic E-state index is -0.722. The normalized spacial score (nSPS) is 21.1. The Kier molecular flexibility index (Phi) is 9.73. The maximum atomic E-state index is 15.5. The first-order valence-corrected chi connectivity index (χ1v) is 21.1. The Morgan fingerprint density at radius 3 is 2.47 bits per heavy atom. The molecule has 5 aromatic rings. The number of imide groups is 1. The number of piperidine rings is 4. The number of hydrogen-bond acceptors (Lipinski definition) is 10. The molecule has 0 aliphatic carbocycles. The highest BCUT2D eigenvalue weighted by atomic mass is 19.1. The van der Waals surface area contributed by atoms with E-state index in [2.05, 4.69) is 58.4 Å². The lowest BCUT2D eigenvalue weighted by Gasteiger charge is -2.38. The number of aromatic nitrogens is 5. The molecule has 4 saturated heterocycles. The summed E-state index contributed by atoms with van der Waals surface area (Å²) in [6.45, 7) is 6.55. The number of likely N-dealkylation sites (tertiary alicyclic amines) is 1. The molecule has 0 radical (unpaired) electrons. The first-order valence-electron chi connectivity index (χ1n) is 21.1. The zero-order valence-electron chi connectivity index (χ0n) is 33.0. The lowest BCUT2D eigenvalue weighted by Crippen LogP contribution is -2.52. The Morgan fingerprint density at radius 1 is 0.881 bits per heavy atom. The van der Waals surface area contributed by atoms with Gasteiger partial charge >= 0.3 is 0 Å². The van der Waals surface area contributed by atoms with Crippen molar-refractivity contribution in [1.82, 2.24) is 39.5 Å². The maximum Gasteiger partial charge on any atom is 0.274 e. The summed E-state index contributed by atoms with van der Waals surface area (Å²) >= 11 is 0. The van der Waals surface area contributed by atoms with Gasteiger partial charge in [-0.05, 0) is 93.2 Å². The van der Waals surface area contributed by atoms with E-state index in [-0.39, 0.29) is 43.1 Å². The molecule has 1 atom stereocenters. The molecule has 2 aromatic carbocycles. The van der Waals surface area contributed by atoms with Gasteiger partial charge in [0.1, 0.15) is 17.6 Å². The molecular formula is C43H48FN11O4. The summed E-state index contributed by atoms with van der Waals surface area (Å²) in [5.74, 6) is -1.33. The van der Waals surface area contributed by atoms with Crippen LogP contribution in [0.25, 0.3) is 16.6 Å². The fraction of sp³-hybridized carbons (Fsp3) is 0.465. The Bertz CT molecular complexity index is 2460. The average molecular weight is 802 g/mol. The zero-order chi connectivity index (χ0) is 40.2. The van der Waals surface area contributed by atoms with Gasteiger partial charge in [-0.3, -0.25) is 29.2 Å². The summed E-state index contributed by atoms with van der Waals surface area (Å²) in [7, 11) is 0. The molecule has 306 valence electrons. The summed E-state index contributed by atoms with van der Waals surface area (Å²) in [5.41, 5.74) is 5.17. The van der Waals surface area contributed by atoms with E-state index in [1.165, 1.54) is 17.4 Å². The lowest BCUT2D eigenvalue weighted by molar-refractivity contribution is -0.136. The lowest BCUT2D eigenvalue weighted by atomic mass is 9.94. The Hall–Kier alpha value is -5.90. The van der Waals surface area contributed by atoms with E-state index in [0.717, 1.165) is 112 Å². The van der Waals surface area contributed by atoms with E-state index in [1.54, 1.807) is 35.1 Å². The van der Waals surface area contributed by atoms with Gasteiger partial charge < -0.3 is 24.9 Å². The minimum Gasteiger partial charge on any atom is -0.370 e. The van der Waals surface area contributed by atoms with Gasteiger partial charge in [0.25, 0.3) is 11.8 Å². The van der Waals surface area contributed by atoms with E-state index in [0.29, 0.717) is 28.5 Å². The third-order valence-electron chi connectivity index (χ3n) is 13.1. The van der Waals surface area contributed by atoms with Gasteiger partial charge in [-0.1, -0.05) is 0 Å². The van der Waals surface area contributed by atoms with Crippen LogP contribution in [0.2, 0.25) is 0 Å². The number of anilines is 3. The van der Waals surface area contributed by atoms with Gasteiger partial charge in [0.05, 0.1) is 34.8 Å². The summed E-state index contributed by atoms with van der Waals surface area (Å²) in [6, 6.07) is 10.3. The van der Waals surface area contributed by atoms with Crippen molar-refractivity contribution in [2.45, 2.75) is 76.4 Å². The molecule has 10 rings (SSSR count). The van der Waals surface area contributed by atoms with Crippen LogP contribution in [0.4, 0.5) is 21.5 Å². The SMILES string of the molecule is O=C1CCC(N2Cc3cc(N4CCC(CN5CCC(n6cc7cc(NC(=O)c8ccn9nccc9n8)c(N8CCCCC8)cc7n6)CC5)CC4)c(F)cc3C2=O)C(=O)N1. The van der Waals surface area contributed by atoms with Crippen molar-refractivity contribution in [3.8, 4) is 0 Å². The van der Waals surface area contributed by atoms with Gasteiger partial charge in [-0.25, -0.2) is 13.9 Å². The van der Waals surface area contributed by atoms with Crippen molar-refractivity contribution < 1.29 is 23.6 Å². The predicted octanol–water partition coefficient (Wildman–Crippen LogP) is 4.78. The molecule has 4 fully saturated rings. The van der Waals surface area contributed by atoms with Gasteiger partial charge in [0.15, 0.2) is 5.65 Å². The number of nitrogens with zero attached hydrogens (tertiary/aromatic N) is 9. The maximum absolute atomic E-state index is 15.5. The van der Waals surface area contributed by atoms with Crippen LogP contribution in [0.3, 0.4) is 0 Å². The number of halogens is 1. The van der Waals surface area contributed by atoms with Crippen LogP contribution in [0.1, 0.15) is 90.2 Å². The largest absolute Gasteiger partial charge is 0.370 e. The molecular weight excluding hydrogens is 754 g/mol. The summed E-state index contributed by atoms with van der Waals surface area (Å²) in [6.07, 6.45) is 13.3. The number of amides is 4. The average Bonchev–Trinajstić information content (AvgIpc) is 3.98. The second kappa shape index (κ2) is 15.4. The van der Waals surface area contributed by atoms with Crippen molar-refractivity contribution in [1.29, 1.82) is 0 Å². The summed E-state index contributed by atoms with van der Waals surface area (Å²) in [4.78, 5) is 63.8. The van der Waals surface area contributed by atoms with Crippen molar-refractivity contribution in [3.05, 3.63) is 77.6 Å². The quantitative estimate of drug-likeness (QED) is 0.210. The van der Waals surface area contributed by atoms with Crippen LogP contribution in [0.5, 0.6) is 0 Å². The number of hydrogen-bond donors (Lipinski definition) is 2. The van der Waals surface area contributed by atoms with Gasteiger partial charge in [0.2, 0.25) is 11.8 Å². The highest BCUT2D eigenvalue weighted by Crippen LogP contribution is 2.37. The fourth-order valence-electron chi connectivity index (χ4n) is 9.80. The van der Waals surface area contributed by atoms with E-state index >= 15 is 4.39 Å². The molecule has 2 N–H and O–H groups in total. The van der Waals surface area contributed by atoms with Crippen LogP contribution in [0, 0.1) is 11.7 Å². The topological polar surface area (TPSA) is 153 Å². The number of fused-ring (bicyclic) bond motifs is 3. The molecule has 0 bridgehead atoms. The molecule has 0 saturated carbocycles. The third-order valence-corrected chi connectivity index (χ3v) is 13.1. The molecule has 0 spiro atoms. The van der Waals surface area contributed by atoms with Crippen LogP contribution >= 0.6 is 0 Å². The molecule has 5 aliphatic rings. The monoisotopic (exact) mass is 801 g/mol. The molecule has 15 nitrogen and oxygen atoms in total. The first kappa shape index (κ1) is 37.4. The third kappa shape index (κ3) is 7.27. The Balaban J connectivity index is 0.758. The van der Waals surface area contributed by atoms with Crippen LogP contribution in [-0.4, -0.2) is 110 Å². The number of benzene rings is 2. The Labute approximate surface area is 340 Å². The molecule has 4 amide bonds. The van der Waals surface area contributed by atoms with Crippen molar-refractivity contribution in [2.24, 2.45) is 5.92 Å². The van der Waals surface area contributed by atoms with Gasteiger partial charge in [-0.2, -0.15) is 10.2 Å². The molecule has 3 aromatic heterocycles. The second-order valence-electron chi connectivity index (χ2n) is 16.8. The minimum absolute atomic E-state index is 0.181. The molecule has 5 aliphatic heterocycles. The number of carbonyl (C=O) groups is 4. The summed E-state index contributed by atoms with van der Waals surface area (Å²) < 4.78 is 19.3. The van der Waals surface area contributed by atoms with Crippen LogP contribution < -0.4 is 20.4 Å². The molecule has 8 heterocycles.